The minimum atomic E-state index is -0.371. The molecular formula is C23H28FNO4. The molecular weight excluding hydrogens is 373 g/mol. The lowest BCUT2D eigenvalue weighted by Crippen LogP contribution is -2.41. The summed E-state index contributed by atoms with van der Waals surface area (Å²) in [5.41, 5.74) is 1.20. The van der Waals surface area contributed by atoms with Crippen molar-refractivity contribution in [3.8, 4) is 17.2 Å². The van der Waals surface area contributed by atoms with Gasteiger partial charge in [-0.15, -0.1) is 0 Å². The molecule has 156 valence electrons. The molecule has 1 heterocycles. The molecule has 1 amide bonds. The molecule has 2 aromatic carbocycles. The van der Waals surface area contributed by atoms with Crippen molar-refractivity contribution in [3.63, 3.8) is 0 Å². The molecule has 0 aromatic heterocycles. The maximum absolute atomic E-state index is 13.2. The molecule has 1 aliphatic rings. The van der Waals surface area contributed by atoms with Crippen molar-refractivity contribution < 1.29 is 23.4 Å². The average molecular weight is 401 g/mol. The monoisotopic (exact) mass is 401 g/mol. The van der Waals surface area contributed by atoms with Crippen LogP contribution in [0.25, 0.3) is 0 Å². The van der Waals surface area contributed by atoms with E-state index in [1.807, 2.05) is 23.1 Å². The molecule has 29 heavy (non-hydrogen) atoms. The molecule has 0 aliphatic carbocycles. The minimum absolute atomic E-state index is 0.0507. The van der Waals surface area contributed by atoms with E-state index in [0.29, 0.717) is 11.7 Å². The van der Waals surface area contributed by atoms with Gasteiger partial charge in [0.1, 0.15) is 23.1 Å². The van der Waals surface area contributed by atoms with E-state index in [0.717, 1.165) is 50.3 Å². The van der Waals surface area contributed by atoms with Crippen LogP contribution >= 0.6 is 0 Å². The van der Waals surface area contributed by atoms with E-state index in [2.05, 4.69) is 0 Å². The van der Waals surface area contributed by atoms with Gasteiger partial charge in [0, 0.05) is 25.2 Å². The highest BCUT2D eigenvalue weighted by molar-refractivity contribution is 5.77. The Hall–Kier alpha value is -2.76. The number of likely N-dealkylation sites (tertiary alicyclic amines) is 1. The molecule has 1 fully saturated rings. The predicted octanol–water partition coefficient (Wildman–Crippen LogP) is 4.09. The molecule has 2 aromatic rings. The number of carbonyl (C=O) groups excluding carboxylic acids is 1. The molecule has 0 atom stereocenters. The summed E-state index contributed by atoms with van der Waals surface area (Å²) in [6, 6.07) is 11.8. The predicted molar refractivity (Wildman–Crippen MR) is 109 cm³/mol. The Morgan fingerprint density at radius 1 is 1.03 bits per heavy atom. The minimum Gasteiger partial charge on any atom is -0.497 e. The zero-order chi connectivity index (χ0) is 20.6. The molecule has 0 unspecified atom stereocenters. The Bertz CT molecular complexity index is 796. The lowest BCUT2D eigenvalue weighted by atomic mass is 9.90. The molecule has 6 heteroatoms. The van der Waals surface area contributed by atoms with Gasteiger partial charge in [0.25, 0.3) is 5.91 Å². The molecule has 0 N–H and O–H groups in total. The van der Waals surface area contributed by atoms with E-state index >= 15 is 0 Å². The second-order valence-corrected chi connectivity index (χ2v) is 7.33. The summed E-state index contributed by atoms with van der Waals surface area (Å²) in [7, 11) is 3.31. The van der Waals surface area contributed by atoms with E-state index in [9.17, 15) is 9.18 Å². The zero-order valence-corrected chi connectivity index (χ0v) is 17.0. The second kappa shape index (κ2) is 10.1. The van der Waals surface area contributed by atoms with Crippen LogP contribution in [-0.4, -0.2) is 44.7 Å². The topological polar surface area (TPSA) is 48.0 Å². The number of ether oxygens (including phenoxy) is 3. The highest BCUT2D eigenvalue weighted by atomic mass is 19.1. The maximum Gasteiger partial charge on any atom is 0.260 e. The van der Waals surface area contributed by atoms with Crippen LogP contribution in [0.15, 0.2) is 42.5 Å². The van der Waals surface area contributed by atoms with Crippen molar-refractivity contribution in [1.29, 1.82) is 0 Å². The zero-order valence-electron chi connectivity index (χ0n) is 17.0. The average Bonchev–Trinajstić information content (AvgIpc) is 2.76. The number of piperidine rings is 1. The van der Waals surface area contributed by atoms with Crippen LogP contribution in [0.5, 0.6) is 17.2 Å². The maximum atomic E-state index is 13.2. The van der Waals surface area contributed by atoms with Crippen LogP contribution in [0.1, 0.15) is 24.8 Å². The number of aryl methyl sites for hydroxylation is 1. The Labute approximate surface area is 171 Å². The first-order chi connectivity index (χ1) is 14.1. The molecule has 0 saturated carbocycles. The van der Waals surface area contributed by atoms with E-state index in [1.54, 1.807) is 26.4 Å². The third-order valence-electron chi connectivity index (χ3n) is 5.38. The van der Waals surface area contributed by atoms with Gasteiger partial charge in [-0.1, -0.05) is 6.07 Å². The van der Waals surface area contributed by atoms with Crippen LogP contribution in [-0.2, 0) is 11.2 Å². The molecule has 0 radical (unpaired) electrons. The van der Waals surface area contributed by atoms with Gasteiger partial charge in [0.05, 0.1) is 14.2 Å². The first-order valence-electron chi connectivity index (χ1n) is 9.95. The lowest BCUT2D eigenvalue weighted by molar-refractivity contribution is -0.134. The number of hydrogen-bond acceptors (Lipinski definition) is 4. The van der Waals surface area contributed by atoms with Gasteiger partial charge >= 0.3 is 0 Å². The number of amides is 1. The highest BCUT2D eigenvalue weighted by Crippen LogP contribution is 2.27. The summed E-state index contributed by atoms with van der Waals surface area (Å²) in [5.74, 6) is 2.15. The van der Waals surface area contributed by atoms with Crippen LogP contribution in [0, 0.1) is 11.7 Å². The van der Waals surface area contributed by atoms with Crippen molar-refractivity contribution in [3.05, 3.63) is 53.8 Å². The smallest absolute Gasteiger partial charge is 0.260 e. The van der Waals surface area contributed by atoms with Crippen molar-refractivity contribution in [2.45, 2.75) is 25.7 Å². The van der Waals surface area contributed by atoms with Gasteiger partial charge in [-0.25, -0.2) is 4.39 Å². The number of benzene rings is 2. The van der Waals surface area contributed by atoms with Gasteiger partial charge in [0.2, 0.25) is 0 Å². The van der Waals surface area contributed by atoms with E-state index < -0.39 is 0 Å². The van der Waals surface area contributed by atoms with Gasteiger partial charge in [-0.05, 0) is 61.4 Å². The fraction of sp³-hybridized carbons (Fsp3) is 0.435. The van der Waals surface area contributed by atoms with E-state index in [1.165, 1.54) is 17.7 Å². The van der Waals surface area contributed by atoms with Crippen molar-refractivity contribution >= 4 is 5.91 Å². The Morgan fingerprint density at radius 3 is 2.34 bits per heavy atom. The summed E-state index contributed by atoms with van der Waals surface area (Å²) >= 11 is 0. The Balaban J connectivity index is 1.42. The quantitative estimate of drug-likeness (QED) is 0.668. The van der Waals surface area contributed by atoms with Crippen LogP contribution in [0.4, 0.5) is 4.39 Å². The largest absolute Gasteiger partial charge is 0.497 e. The molecule has 3 rings (SSSR count). The fourth-order valence-corrected chi connectivity index (χ4v) is 3.65. The van der Waals surface area contributed by atoms with Gasteiger partial charge in [-0.2, -0.15) is 0 Å². The molecule has 0 spiro atoms. The molecule has 1 saturated heterocycles. The number of methoxy groups -OCH3 is 2. The van der Waals surface area contributed by atoms with Gasteiger partial charge in [-0.3, -0.25) is 4.79 Å². The SMILES string of the molecule is COc1cc(CCC2CCN(C(=O)COc3cccc(F)c3)CC2)cc(OC)c1. The van der Waals surface area contributed by atoms with Gasteiger partial charge < -0.3 is 19.1 Å². The third-order valence-corrected chi connectivity index (χ3v) is 5.38. The molecule has 0 bridgehead atoms. The molecule has 5 nitrogen and oxygen atoms in total. The number of carbonyl (C=O) groups is 1. The highest BCUT2D eigenvalue weighted by Gasteiger charge is 2.23. The number of hydrogen-bond donors (Lipinski definition) is 0. The van der Waals surface area contributed by atoms with Gasteiger partial charge in [0.15, 0.2) is 6.61 Å². The fourth-order valence-electron chi connectivity index (χ4n) is 3.65. The molecule has 1 aliphatic heterocycles. The Kier molecular flexibility index (Phi) is 7.33. The van der Waals surface area contributed by atoms with Crippen LogP contribution < -0.4 is 14.2 Å². The van der Waals surface area contributed by atoms with Crippen LogP contribution in [0.2, 0.25) is 0 Å². The Morgan fingerprint density at radius 2 is 1.72 bits per heavy atom. The van der Waals surface area contributed by atoms with Crippen molar-refractivity contribution in [1.82, 2.24) is 4.90 Å². The first kappa shape index (κ1) is 21.0. The van der Waals surface area contributed by atoms with Crippen LogP contribution in [0.3, 0.4) is 0 Å². The third kappa shape index (κ3) is 6.11. The van der Waals surface area contributed by atoms with Crippen molar-refractivity contribution in [2.24, 2.45) is 5.92 Å². The summed E-state index contributed by atoms with van der Waals surface area (Å²) in [4.78, 5) is 14.2. The first-order valence-corrected chi connectivity index (χ1v) is 9.95. The van der Waals surface area contributed by atoms with E-state index in [4.69, 9.17) is 14.2 Å². The summed E-state index contributed by atoms with van der Waals surface area (Å²) in [6.07, 6.45) is 3.98. The van der Waals surface area contributed by atoms with E-state index in [-0.39, 0.29) is 18.3 Å². The number of rotatable bonds is 8. The summed E-state index contributed by atoms with van der Waals surface area (Å²) < 4.78 is 29.3. The van der Waals surface area contributed by atoms with Crippen molar-refractivity contribution in [2.75, 3.05) is 33.9 Å². The standard InChI is InChI=1S/C23H28FNO4/c1-27-21-12-18(13-22(15-21)28-2)7-6-17-8-10-25(11-9-17)23(26)16-29-20-5-3-4-19(24)14-20/h3-5,12-15,17H,6-11,16H2,1-2H3. The summed E-state index contributed by atoms with van der Waals surface area (Å²) in [6.45, 7) is 1.41. The second-order valence-electron chi connectivity index (χ2n) is 7.33. The lowest BCUT2D eigenvalue weighted by Gasteiger charge is -2.32. The number of nitrogens with zero attached hydrogens (tertiary/aromatic N) is 1. The normalized spacial score (nSPS) is 14.5. The number of halogens is 1. The summed E-state index contributed by atoms with van der Waals surface area (Å²) in [5, 5.41) is 0.